The highest BCUT2D eigenvalue weighted by Crippen LogP contribution is 2.21. The number of aromatic nitrogens is 4. The second-order valence-corrected chi connectivity index (χ2v) is 5.58. The van der Waals surface area contributed by atoms with E-state index in [-0.39, 0.29) is 0 Å². The Bertz CT molecular complexity index is 940. The Kier molecular flexibility index (Phi) is 3.35. The number of hydrogen-bond acceptors (Lipinski definition) is 3. The molecule has 0 N–H and O–H groups in total. The van der Waals surface area contributed by atoms with Crippen LogP contribution >= 0.6 is 0 Å². The number of nitrogens with zero attached hydrogens (tertiary/aromatic N) is 4. The van der Waals surface area contributed by atoms with E-state index >= 15 is 0 Å². The molecule has 0 aliphatic rings. The first-order chi connectivity index (χ1) is 11.3. The largest absolute Gasteiger partial charge is 0.279 e. The van der Waals surface area contributed by atoms with Gasteiger partial charge in [0.2, 0.25) is 0 Å². The normalized spacial score (nSPS) is 11.0. The first-order valence-corrected chi connectivity index (χ1v) is 7.59. The maximum Gasteiger partial charge on any atom is 0.164 e. The lowest BCUT2D eigenvalue weighted by Gasteiger charge is -2.08. The van der Waals surface area contributed by atoms with Crippen LogP contribution in [-0.2, 0) is 6.42 Å². The van der Waals surface area contributed by atoms with Gasteiger partial charge in [-0.15, -0.1) is 0 Å². The standard InChI is InChI=1S/C19H16N4/c1-14-6-8-15(9-7-14)12-18-22-17-5-3-11-21-19(17)23(18)16-4-2-10-20-13-16/h2-11,13H,12H2,1H3. The number of fused-ring (bicyclic) bond motifs is 1. The van der Waals surface area contributed by atoms with Crippen molar-refractivity contribution in [2.75, 3.05) is 0 Å². The van der Waals surface area contributed by atoms with Crippen molar-refractivity contribution in [2.24, 2.45) is 0 Å². The second kappa shape index (κ2) is 5.65. The van der Waals surface area contributed by atoms with Gasteiger partial charge in [-0.2, -0.15) is 0 Å². The molecule has 0 aliphatic heterocycles. The Balaban J connectivity index is 1.87. The molecule has 0 radical (unpaired) electrons. The molecule has 0 aliphatic carbocycles. The molecule has 0 saturated carbocycles. The van der Waals surface area contributed by atoms with Crippen molar-refractivity contribution in [1.82, 2.24) is 19.5 Å². The van der Waals surface area contributed by atoms with E-state index in [2.05, 4.69) is 45.7 Å². The minimum atomic E-state index is 0.755. The van der Waals surface area contributed by atoms with Crippen molar-refractivity contribution in [1.29, 1.82) is 0 Å². The second-order valence-electron chi connectivity index (χ2n) is 5.58. The monoisotopic (exact) mass is 300 g/mol. The molecule has 0 bridgehead atoms. The number of benzene rings is 1. The minimum Gasteiger partial charge on any atom is -0.279 e. The third kappa shape index (κ3) is 2.59. The maximum atomic E-state index is 4.78. The molecule has 112 valence electrons. The third-order valence-electron chi connectivity index (χ3n) is 3.87. The lowest BCUT2D eigenvalue weighted by Crippen LogP contribution is -2.03. The van der Waals surface area contributed by atoms with Crippen LogP contribution in [0.25, 0.3) is 16.9 Å². The predicted octanol–water partition coefficient (Wildman–Crippen LogP) is 3.71. The molecule has 23 heavy (non-hydrogen) atoms. The van der Waals surface area contributed by atoms with E-state index in [4.69, 9.17) is 4.98 Å². The highest BCUT2D eigenvalue weighted by Gasteiger charge is 2.13. The van der Waals surface area contributed by atoms with Gasteiger partial charge in [0.1, 0.15) is 11.3 Å². The fourth-order valence-corrected chi connectivity index (χ4v) is 2.72. The summed E-state index contributed by atoms with van der Waals surface area (Å²) in [5.74, 6) is 0.968. The van der Waals surface area contributed by atoms with Crippen LogP contribution in [0.1, 0.15) is 17.0 Å². The van der Waals surface area contributed by atoms with Crippen LogP contribution in [-0.4, -0.2) is 19.5 Å². The number of hydrogen-bond donors (Lipinski definition) is 0. The summed E-state index contributed by atoms with van der Waals surface area (Å²) in [6.45, 7) is 2.10. The van der Waals surface area contributed by atoms with Crippen LogP contribution in [0, 0.1) is 6.92 Å². The summed E-state index contributed by atoms with van der Waals surface area (Å²) in [5.41, 5.74) is 5.24. The Labute approximate surface area is 134 Å². The minimum absolute atomic E-state index is 0.755. The zero-order valence-electron chi connectivity index (χ0n) is 12.8. The van der Waals surface area contributed by atoms with Crippen molar-refractivity contribution in [2.45, 2.75) is 13.3 Å². The Morgan fingerprint density at radius 1 is 0.957 bits per heavy atom. The highest BCUT2D eigenvalue weighted by molar-refractivity contribution is 5.73. The van der Waals surface area contributed by atoms with E-state index in [1.165, 1.54) is 11.1 Å². The lowest BCUT2D eigenvalue weighted by molar-refractivity contribution is 0.918. The van der Waals surface area contributed by atoms with E-state index in [0.717, 1.165) is 29.1 Å². The molecule has 0 fully saturated rings. The number of imidazole rings is 1. The fourth-order valence-electron chi connectivity index (χ4n) is 2.72. The van der Waals surface area contributed by atoms with Gasteiger partial charge in [0.05, 0.1) is 11.9 Å². The quantitative estimate of drug-likeness (QED) is 0.579. The molecule has 4 aromatic rings. The molecule has 0 atom stereocenters. The average Bonchev–Trinajstić information content (AvgIpc) is 2.95. The molecular weight excluding hydrogens is 284 g/mol. The summed E-state index contributed by atoms with van der Waals surface area (Å²) >= 11 is 0. The number of rotatable bonds is 3. The summed E-state index contributed by atoms with van der Waals surface area (Å²) in [6, 6.07) is 16.4. The Hall–Kier alpha value is -3.01. The highest BCUT2D eigenvalue weighted by atomic mass is 15.1. The molecule has 1 aromatic carbocycles. The molecule has 3 heterocycles. The summed E-state index contributed by atoms with van der Waals surface area (Å²) in [5, 5.41) is 0. The number of pyridine rings is 2. The van der Waals surface area contributed by atoms with Gasteiger partial charge in [-0.25, -0.2) is 9.97 Å². The molecule has 4 rings (SSSR count). The van der Waals surface area contributed by atoms with Crippen molar-refractivity contribution in [3.8, 4) is 5.69 Å². The van der Waals surface area contributed by atoms with Gasteiger partial charge in [0.15, 0.2) is 5.65 Å². The fraction of sp³-hybridized carbons (Fsp3) is 0.105. The van der Waals surface area contributed by atoms with Crippen molar-refractivity contribution in [3.63, 3.8) is 0 Å². The van der Waals surface area contributed by atoms with Crippen LogP contribution in [0.15, 0.2) is 67.1 Å². The van der Waals surface area contributed by atoms with Gasteiger partial charge < -0.3 is 0 Å². The molecule has 4 nitrogen and oxygen atoms in total. The van der Waals surface area contributed by atoms with Gasteiger partial charge in [-0.3, -0.25) is 9.55 Å². The van der Waals surface area contributed by atoms with Crippen LogP contribution in [0.4, 0.5) is 0 Å². The van der Waals surface area contributed by atoms with E-state index in [0.29, 0.717) is 0 Å². The van der Waals surface area contributed by atoms with Gasteiger partial charge in [-0.1, -0.05) is 29.8 Å². The Morgan fingerprint density at radius 3 is 2.57 bits per heavy atom. The summed E-state index contributed by atoms with van der Waals surface area (Å²) in [4.78, 5) is 13.5. The van der Waals surface area contributed by atoms with Crippen LogP contribution in [0.5, 0.6) is 0 Å². The van der Waals surface area contributed by atoms with Gasteiger partial charge >= 0.3 is 0 Å². The summed E-state index contributed by atoms with van der Waals surface area (Å²) in [6.07, 6.45) is 6.17. The SMILES string of the molecule is Cc1ccc(Cc2nc3cccnc3n2-c2cccnc2)cc1. The van der Waals surface area contributed by atoms with Crippen molar-refractivity contribution in [3.05, 3.63) is 84.1 Å². The first-order valence-electron chi connectivity index (χ1n) is 7.59. The van der Waals surface area contributed by atoms with E-state index in [1.807, 2.05) is 30.5 Å². The molecule has 0 unspecified atom stereocenters. The van der Waals surface area contributed by atoms with Gasteiger partial charge in [0, 0.05) is 18.8 Å². The molecule has 0 saturated heterocycles. The molecular formula is C19H16N4. The van der Waals surface area contributed by atoms with Gasteiger partial charge in [-0.05, 0) is 36.8 Å². The van der Waals surface area contributed by atoms with E-state index in [9.17, 15) is 0 Å². The molecule has 0 spiro atoms. The topological polar surface area (TPSA) is 43.6 Å². The zero-order chi connectivity index (χ0) is 15.6. The predicted molar refractivity (Wildman–Crippen MR) is 90.6 cm³/mol. The average molecular weight is 300 g/mol. The molecule has 0 amide bonds. The smallest absolute Gasteiger partial charge is 0.164 e. The zero-order valence-corrected chi connectivity index (χ0v) is 12.8. The van der Waals surface area contributed by atoms with Gasteiger partial charge in [0.25, 0.3) is 0 Å². The Morgan fingerprint density at radius 2 is 1.78 bits per heavy atom. The van der Waals surface area contributed by atoms with Crippen LogP contribution < -0.4 is 0 Å². The molecule has 4 heteroatoms. The molecule has 3 aromatic heterocycles. The summed E-state index contributed by atoms with van der Waals surface area (Å²) < 4.78 is 2.09. The van der Waals surface area contributed by atoms with Crippen LogP contribution in [0.2, 0.25) is 0 Å². The number of aryl methyl sites for hydroxylation is 1. The first kappa shape index (κ1) is 13.6. The lowest BCUT2D eigenvalue weighted by atomic mass is 10.1. The summed E-state index contributed by atoms with van der Waals surface area (Å²) in [7, 11) is 0. The maximum absolute atomic E-state index is 4.78. The van der Waals surface area contributed by atoms with Crippen molar-refractivity contribution < 1.29 is 0 Å². The van der Waals surface area contributed by atoms with Crippen molar-refractivity contribution >= 4 is 11.2 Å². The van der Waals surface area contributed by atoms with E-state index in [1.54, 1.807) is 12.4 Å². The van der Waals surface area contributed by atoms with E-state index < -0.39 is 0 Å². The third-order valence-corrected chi connectivity index (χ3v) is 3.87. The van der Waals surface area contributed by atoms with Crippen LogP contribution in [0.3, 0.4) is 0 Å².